The van der Waals surface area contributed by atoms with Crippen molar-refractivity contribution < 1.29 is 9.18 Å². The van der Waals surface area contributed by atoms with Gasteiger partial charge in [-0.25, -0.2) is 9.37 Å². The Labute approximate surface area is 143 Å². The summed E-state index contributed by atoms with van der Waals surface area (Å²) in [6.45, 7) is 0.482. The number of benzene rings is 1. The lowest BCUT2D eigenvalue weighted by molar-refractivity contribution is -0.120. The molecule has 2 rings (SSSR count). The minimum Gasteiger partial charge on any atom is -0.370 e. The predicted octanol–water partition coefficient (Wildman–Crippen LogP) is 1.51. The summed E-state index contributed by atoms with van der Waals surface area (Å²) in [6.07, 6.45) is 0.808. The second-order valence-corrected chi connectivity index (χ2v) is 5.40. The van der Waals surface area contributed by atoms with Gasteiger partial charge in [0.1, 0.15) is 5.82 Å². The molecule has 1 heterocycles. The summed E-state index contributed by atoms with van der Waals surface area (Å²) < 4.78 is 12.8. The normalized spacial score (nSPS) is 9.78. The molecular formula is C14H17ClFN5OS. The molecule has 1 amide bonds. The second kappa shape index (κ2) is 9.06. The van der Waals surface area contributed by atoms with Gasteiger partial charge in [0, 0.05) is 11.9 Å². The summed E-state index contributed by atoms with van der Waals surface area (Å²) >= 11 is 1.27. The molecule has 0 unspecified atom stereocenters. The summed E-state index contributed by atoms with van der Waals surface area (Å²) in [5.74, 6) is -0.471. The standard InChI is InChI=1S/C14H16FN5OS.ClH/c15-10-3-1-9(2-4-10)5-6-18-12(21)7-11-8-22-14(19-11)20-13(16)17;/h1-4,8H,5-7H2,(H,18,21)(H4,16,17,19,20);1H. The molecule has 6 nitrogen and oxygen atoms in total. The Kier molecular flexibility index (Phi) is 7.43. The van der Waals surface area contributed by atoms with E-state index in [1.807, 2.05) is 0 Å². The maximum Gasteiger partial charge on any atom is 0.226 e. The fourth-order valence-corrected chi connectivity index (χ4v) is 2.47. The largest absolute Gasteiger partial charge is 0.370 e. The van der Waals surface area contributed by atoms with E-state index in [2.05, 4.69) is 15.3 Å². The molecule has 0 saturated heterocycles. The van der Waals surface area contributed by atoms with Gasteiger partial charge in [-0.1, -0.05) is 12.1 Å². The third kappa shape index (κ3) is 6.62. The van der Waals surface area contributed by atoms with E-state index in [-0.39, 0.29) is 36.5 Å². The Hall–Kier alpha value is -2.19. The topological polar surface area (TPSA) is 106 Å². The smallest absolute Gasteiger partial charge is 0.226 e. The number of guanidine groups is 1. The number of aliphatic imine (C=N–C) groups is 1. The second-order valence-electron chi connectivity index (χ2n) is 4.56. The highest BCUT2D eigenvalue weighted by Crippen LogP contribution is 2.18. The van der Waals surface area contributed by atoms with Crippen molar-refractivity contribution in [1.82, 2.24) is 10.3 Å². The van der Waals surface area contributed by atoms with E-state index in [9.17, 15) is 9.18 Å². The Morgan fingerprint density at radius 1 is 1.30 bits per heavy atom. The quantitative estimate of drug-likeness (QED) is 0.538. The van der Waals surface area contributed by atoms with E-state index in [1.165, 1.54) is 23.5 Å². The number of hydrogen-bond acceptors (Lipinski definition) is 4. The van der Waals surface area contributed by atoms with Crippen LogP contribution >= 0.6 is 23.7 Å². The Balaban J connectivity index is 0.00000264. The van der Waals surface area contributed by atoms with Crippen LogP contribution in [0.25, 0.3) is 0 Å². The highest BCUT2D eigenvalue weighted by Gasteiger charge is 2.07. The maximum atomic E-state index is 12.8. The third-order valence-corrected chi connectivity index (χ3v) is 3.54. The molecule has 0 saturated carbocycles. The molecule has 0 atom stereocenters. The highest BCUT2D eigenvalue weighted by atomic mass is 35.5. The first kappa shape index (κ1) is 18.9. The molecule has 0 bridgehead atoms. The monoisotopic (exact) mass is 357 g/mol. The van der Waals surface area contributed by atoms with Crippen LogP contribution < -0.4 is 16.8 Å². The number of rotatable bonds is 6. The van der Waals surface area contributed by atoms with Gasteiger partial charge in [-0.15, -0.1) is 23.7 Å². The summed E-state index contributed by atoms with van der Waals surface area (Å²) in [4.78, 5) is 19.7. The van der Waals surface area contributed by atoms with Crippen LogP contribution in [0, 0.1) is 5.82 Å². The van der Waals surface area contributed by atoms with E-state index in [0.29, 0.717) is 23.8 Å². The molecule has 0 radical (unpaired) electrons. The maximum absolute atomic E-state index is 12.8. The number of nitrogens with one attached hydrogen (secondary N) is 1. The van der Waals surface area contributed by atoms with Crippen molar-refractivity contribution in [2.24, 2.45) is 16.5 Å². The van der Waals surface area contributed by atoms with Crippen molar-refractivity contribution >= 4 is 40.7 Å². The molecule has 1 aromatic carbocycles. The number of aromatic nitrogens is 1. The SMILES string of the molecule is Cl.NC(N)=Nc1nc(CC(=O)NCCc2ccc(F)cc2)cs1. The van der Waals surface area contributed by atoms with Crippen molar-refractivity contribution in [2.45, 2.75) is 12.8 Å². The number of thiazole rings is 1. The zero-order valence-electron chi connectivity index (χ0n) is 12.2. The summed E-state index contributed by atoms with van der Waals surface area (Å²) in [5, 5.41) is 4.95. The molecule has 0 fully saturated rings. The van der Waals surface area contributed by atoms with Crippen molar-refractivity contribution in [3.63, 3.8) is 0 Å². The van der Waals surface area contributed by atoms with Crippen LogP contribution in [0.2, 0.25) is 0 Å². The lowest BCUT2D eigenvalue weighted by atomic mass is 10.1. The molecule has 1 aromatic heterocycles. The molecule has 0 aliphatic heterocycles. The van der Waals surface area contributed by atoms with Crippen molar-refractivity contribution in [2.75, 3.05) is 6.54 Å². The fraction of sp³-hybridized carbons (Fsp3) is 0.214. The lowest BCUT2D eigenvalue weighted by Crippen LogP contribution is -2.27. The van der Waals surface area contributed by atoms with E-state index in [0.717, 1.165) is 5.56 Å². The van der Waals surface area contributed by atoms with Crippen LogP contribution in [0.4, 0.5) is 9.52 Å². The highest BCUT2D eigenvalue weighted by molar-refractivity contribution is 7.13. The zero-order valence-corrected chi connectivity index (χ0v) is 13.8. The van der Waals surface area contributed by atoms with Gasteiger partial charge < -0.3 is 16.8 Å². The Morgan fingerprint density at radius 2 is 2.00 bits per heavy atom. The minimum absolute atomic E-state index is 0. The van der Waals surface area contributed by atoms with Crippen LogP contribution in [-0.4, -0.2) is 23.4 Å². The Morgan fingerprint density at radius 3 is 2.65 bits per heavy atom. The van der Waals surface area contributed by atoms with Gasteiger partial charge in [0.15, 0.2) is 5.96 Å². The third-order valence-electron chi connectivity index (χ3n) is 2.76. The summed E-state index contributed by atoms with van der Waals surface area (Å²) in [7, 11) is 0. The van der Waals surface area contributed by atoms with Gasteiger partial charge in [0.25, 0.3) is 0 Å². The molecule has 0 spiro atoms. The average molecular weight is 358 g/mol. The van der Waals surface area contributed by atoms with E-state index in [1.54, 1.807) is 17.5 Å². The molecule has 5 N–H and O–H groups in total. The van der Waals surface area contributed by atoms with Crippen LogP contribution in [0.1, 0.15) is 11.3 Å². The summed E-state index contributed by atoms with van der Waals surface area (Å²) in [6, 6.07) is 6.20. The number of carbonyl (C=O) groups excluding carboxylic acids is 1. The minimum atomic E-state index is -0.270. The fourth-order valence-electron chi connectivity index (χ4n) is 1.76. The number of nitrogens with zero attached hydrogens (tertiary/aromatic N) is 2. The lowest BCUT2D eigenvalue weighted by Gasteiger charge is -2.04. The number of hydrogen-bond donors (Lipinski definition) is 3. The van der Waals surface area contributed by atoms with Gasteiger partial charge in [0.05, 0.1) is 12.1 Å². The van der Waals surface area contributed by atoms with Gasteiger partial charge in [-0.05, 0) is 24.1 Å². The van der Waals surface area contributed by atoms with E-state index >= 15 is 0 Å². The molecule has 124 valence electrons. The molecule has 0 aliphatic carbocycles. The number of halogens is 2. The molecule has 2 aromatic rings. The van der Waals surface area contributed by atoms with E-state index < -0.39 is 0 Å². The van der Waals surface area contributed by atoms with Crippen LogP contribution in [0.3, 0.4) is 0 Å². The summed E-state index contributed by atoms with van der Waals surface area (Å²) in [5.41, 5.74) is 12.1. The number of amides is 1. The van der Waals surface area contributed by atoms with Crippen LogP contribution in [-0.2, 0) is 17.6 Å². The number of nitrogens with two attached hydrogens (primary N) is 2. The van der Waals surface area contributed by atoms with Gasteiger partial charge in [0.2, 0.25) is 11.0 Å². The van der Waals surface area contributed by atoms with Gasteiger partial charge in [-0.2, -0.15) is 4.99 Å². The Bertz CT molecular complexity index is 670. The van der Waals surface area contributed by atoms with Gasteiger partial charge >= 0.3 is 0 Å². The first-order valence-corrected chi connectivity index (χ1v) is 7.46. The zero-order chi connectivity index (χ0) is 15.9. The van der Waals surface area contributed by atoms with Crippen LogP contribution in [0.15, 0.2) is 34.6 Å². The van der Waals surface area contributed by atoms with Crippen molar-refractivity contribution in [1.29, 1.82) is 0 Å². The first-order chi connectivity index (χ1) is 10.5. The number of carbonyl (C=O) groups is 1. The van der Waals surface area contributed by atoms with Crippen LogP contribution in [0.5, 0.6) is 0 Å². The first-order valence-electron chi connectivity index (χ1n) is 6.58. The molecular weight excluding hydrogens is 341 g/mol. The predicted molar refractivity (Wildman–Crippen MR) is 91.6 cm³/mol. The van der Waals surface area contributed by atoms with Crippen molar-refractivity contribution in [3.8, 4) is 0 Å². The average Bonchev–Trinajstić information content (AvgIpc) is 2.87. The van der Waals surface area contributed by atoms with E-state index in [4.69, 9.17) is 11.5 Å². The molecule has 23 heavy (non-hydrogen) atoms. The molecule has 0 aliphatic rings. The van der Waals surface area contributed by atoms with Gasteiger partial charge in [-0.3, -0.25) is 4.79 Å². The molecule has 9 heteroatoms. The van der Waals surface area contributed by atoms with Crippen molar-refractivity contribution in [3.05, 3.63) is 46.7 Å².